The summed E-state index contributed by atoms with van der Waals surface area (Å²) in [5.41, 5.74) is 7.49. The summed E-state index contributed by atoms with van der Waals surface area (Å²) in [6.07, 6.45) is 6.39. The van der Waals surface area contributed by atoms with Crippen LogP contribution in [0.15, 0.2) is 12.2 Å². The quantitative estimate of drug-likeness (QED) is 0.444. The van der Waals surface area contributed by atoms with Crippen molar-refractivity contribution in [1.29, 1.82) is 0 Å². The Morgan fingerprint density at radius 3 is 2.00 bits per heavy atom. The fourth-order valence-corrected chi connectivity index (χ4v) is 4.77. The van der Waals surface area contributed by atoms with Gasteiger partial charge in [0.05, 0.1) is 0 Å². The molecule has 6 atom stereocenters. The SMILES string of the molecule is CC1(C)[C@@H]2NN[C@H]1[C@@H]1[C@H]2[C@H]2C=C[C@@H]1C2. The van der Waals surface area contributed by atoms with E-state index in [0.717, 1.165) is 23.7 Å². The molecular weight excluding hydrogens is 172 g/mol. The molecule has 4 aliphatic rings. The van der Waals surface area contributed by atoms with Gasteiger partial charge in [-0.2, -0.15) is 0 Å². The Kier molecular flexibility index (Phi) is 1.18. The lowest BCUT2D eigenvalue weighted by Gasteiger charge is -2.32. The monoisotopic (exact) mass is 190 g/mol. The Balaban J connectivity index is 1.83. The molecule has 1 heterocycles. The van der Waals surface area contributed by atoms with Crippen LogP contribution in [0.2, 0.25) is 0 Å². The fraction of sp³-hybridized carbons (Fsp3) is 0.833. The van der Waals surface area contributed by atoms with Gasteiger partial charge in [-0.1, -0.05) is 26.0 Å². The van der Waals surface area contributed by atoms with E-state index in [1.54, 1.807) is 0 Å². The van der Waals surface area contributed by atoms with Crippen molar-refractivity contribution >= 4 is 0 Å². The number of hydrogen-bond acceptors (Lipinski definition) is 2. The lowest BCUT2D eigenvalue weighted by Crippen LogP contribution is -2.49. The molecule has 2 saturated carbocycles. The van der Waals surface area contributed by atoms with Gasteiger partial charge >= 0.3 is 0 Å². The molecule has 0 radical (unpaired) electrons. The minimum atomic E-state index is 0.457. The van der Waals surface area contributed by atoms with E-state index >= 15 is 0 Å². The van der Waals surface area contributed by atoms with Crippen LogP contribution in [0, 0.1) is 29.1 Å². The second-order valence-corrected chi connectivity index (χ2v) is 6.17. The highest BCUT2D eigenvalue weighted by atomic mass is 15.5. The molecule has 2 heteroatoms. The molecule has 0 aromatic carbocycles. The van der Waals surface area contributed by atoms with Crippen LogP contribution in [0.25, 0.3) is 0 Å². The first-order chi connectivity index (χ1) is 6.69. The van der Waals surface area contributed by atoms with Crippen molar-refractivity contribution in [2.75, 3.05) is 0 Å². The summed E-state index contributed by atoms with van der Waals surface area (Å²) in [6.45, 7) is 4.85. The van der Waals surface area contributed by atoms with Crippen LogP contribution in [0.5, 0.6) is 0 Å². The van der Waals surface area contributed by atoms with Crippen LogP contribution >= 0.6 is 0 Å². The molecule has 14 heavy (non-hydrogen) atoms. The average molecular weight is 190 g/mol. The molecule has 0 unspecified atom stereocenters. The molecule has 0 spiro atoms. The Hall–Kier alpha value is -0.340. The molecule has 4 bridgehead atoms. The Bertz CT molecular complexity index is 292. The molecule has 2 N–H and O–H groups in total. The molecule has 1 aliphatic heterocycles. The zero-order valence-electron chi connectivity index (χ0n) is 8.83. The Morgan fingerprint density at radius 1 is 1.00 bits per heavy atom. The predicted octanol–water partition coefficient (Wildman–Crippen LogP) is 1.31. The van der Waals surface area contributed by atoms with Gasteiger partial charge in [0.1, 0.15) is 0 Å². The molecule has 3 aliphatic carbocycles. The van der Waals surface area contributed by atoms with Crippen molar-refractivity contribution in [1.82, 2.24) is 10.9 Å². The summed E-state index contributed by atoms with van der Waals surface area (Å²) >= 11 is 0. The van der Waals surface area contributed by atoms with Gasteiger partial charge in [-0.15, -0.1) is 0 Å². The second kappa shape index (κ2) is 2.10. The zero-order valence-corrected chi connectivity index (χ0v) is 8.83. The number of fused-ring (bicyclic) bond motifs is 9. The highest BCUT2D eigenvalue weighted by Crippen LogP contribution is 2.62. The minimum absolute atomic E-state index is 0.457. The van der Waals surface area contributed by atoms with E-state index in [1.807, 2.05) is 0 Å². The van der Waals surface area contributed by atoms with Crippen molar-refractivity contribution in [2.45, 2.75) is 32.4 Å². The molecule has 0 aromatic heterocycles. The van der Waals surface area contributed by atoms with Gasteiger partial charge in [-0.3, -0.25) is 10.9 Å². The van der Waals surface area contributed by atoms with Gasteiger partial charge in [0.2, 0.25) is 0 Å². The van der Waals surface area contributed by atoms with Crippen LogP contribution < -0.4 is 10.9 Å². The first kappa shape index (κ1) is 7.89. The fourth-order valence-electron chi connectivity index (χ4n) is 4.77. The predicted molar refractivity (Wildman–Crippen MR) is 55.3 cm³/mol. The van der Waals surface area contributed by atoms with Gasteiger partial charge in [0, 0.05) is 12.1 Å². The topological polar surface area (TPSA) is 24.1 Å². The molecule has 0 aromatic rings. The van der Waals surface area contributed by atoms with E-state index in [4.69, 9.17) is 0 Å². The van der Waals surface area contributed by atoms with Crippen molar-refractivity contribution in [3.63, 3.8) is 0 Å². The normalized spacial score (nSPS) is 61.0. The Labute approximate surface area is 85.1 Å². The van der Waals surface area contributed by atoms with Crippen LogP contribution in [-0.4, -0.2) is 12.1 Å². The minimum Gasteiger partial charge on any atom is -0.254 e. The molecule has 76 valence electrons. The first-order valence-electron chi connectivity index (χ1n) is 5.89. The summed E-state index contributed by atoms with van der Waals surface area (Å²) in [4.78, 5) is 0. The number of hydrogen-bond donors (Lipinski definition) is 2. The first-order valence-corrected chi connectivity index (χ1v) is 5.89. The van der Waals surface area contributed by atoms with Gasteiger partial charge in [0.25, 0.3) is 0 Å². The molecule has 2 nitrogen and oxygen atoms in total. The van der Waals surface area contributed by atoms with Gasteiger partial charge < -0.3 is 0 Å². The van der Waals surface area contributed by atoms with Gasteiger partial charge in [0.15, 0.2) is 0 Å². The van der Waals surface area contributed by atoms with E-state index in [1.165, 1.54) is 6.42 Å². The summed E-state index contributed by atoms with van der Waals surface area (Å²) in [5.74, 6) is 3.61. The van der Waals surface area contributed by atoms with Crippen LogP contribution in [0.3, 0.4) is 0 Å². The van der Waals surface area contributed by atoms with E-state index in [9.17, 15) is 0 Å². The molecule has 3 fully saturated rings. The van der Waals surface area contributed by atoms with Gasteiger partial charge in [-0.05, 0) is 35.5 Å². The number of nitrogens with one attached hydrogen (secondary N) is 2. The van der Waals surface area contributed by atoms with E-state index in [2.05, 4.69) is 36.9 Å². The molecule has 0 amide bonds. The van der Waals surface area contributed by atoms with E-state index < -0.39 is 0 Å². The lowest BCUT2D eigenvalue weighted by molar-refractivity contribution is 0.213. The summed E-state index contributed by atoms with van der Waals surface area (Å²) in [5, 5.41) is 0. The Morgan fingerprint density at radius 2 is 1.50 bits per heavy atom. The summed E-state index contributed by atoms with van der Waals surface area (Å²) in [6, 6.07) is 1.41. The number of rotatable bonds is 0. The molecular formula is C12H18N2. The largest absolute Gasteiger partial charge is 0.254 e. The van der Waals surface area contributed by atoms with Crippen LogP contribution in [0.4, 0.5) is 0 Å². The van der Waals surface area contributed by atoms with E-state index in [0.29, 0.717) is 17.5 Å². The van der Waals surface area contributed by atoms with E-state index in [-0.39, 0.29) is 0 Å². The third-order valence-electron chi connectivity index (χ3n) is 5.35. The van der Waals surface area contributed by atoms with Crippen LogP contribution in [-0.2, 0) is 0 Å². The van der Waals surface area contributed by atoms with Crippen molar-refractivity contribution < 1.29 is 0 Å². The molecule has 4 rings (SSSR count). The maximum Gasteiger partial charge on any atom is 0.0316 e. The highest BCUT2D eigenvalue weighted by Gasteiger charge is 2.66. The summed E-state index contributed by atoms with van der Waals surface area (Å²) < 4.78 is 0. The zero-order chi connectivity index (χ0) is 9.50. The summed E-state index contributed by atoms with van der Waals surface area (Å²) in [7, 11) is 0. The standard InChI is InChI=1S/C12H18N2/c1-12(2)10-8-6-3-4-7(5-6)9(8)11(12)14-13-10/h3-4,6-11,13-14H,5H2,1-2H3/t6-,7+,8+,9-,10+,11-. The van der Waals surface area contributed by atoms with Crippen molar-refractivity contribution in [2.24, 2.45) is 29.1 Å². The van der Waals surface area contributed by atoms with Crippen LogP contribution in [0.1, 0.15) is 20.3 Å². The maximum absolute atomic E-state index is 3.52. The smallest absolute Gasteiger partial charge is 0.0316 e. The van der Waals surface area contributed by atoms with Gasteiger partial charge in [-0.25, -0.2) is 0 Å². The second-order valence-electron chi connectivity index (χ2n) is 6.17. The average Bonchev–Trinajstić information content (AvgIpc) is 2.84. The number of hydrazine groups is 1. The third-order valence-corrected chi connectivity index (χ3v) is 5.35. The van der Waals surface area contributed by atoms with Crippen molar-refractivity contribution in [3.05, 3.63) is 12.2 Å². The lowest BCUT2D eigenvalue weighted by atomic mass is 9.81. The number of allylic oxidation sites excluding steroid dienone is 2. The molecule has 1 saturated heterocycles. The third kappa shape index (κ3) is 0.636. The van der Waals surface area contributed by atoms with Crippen molar-refractivity contribution in [3.8, 4) is 0 Å². The highest BCUT2D eigenvalue weighted by molar-refractivity contribution is 5.26. The maximum atomic E-state index is 3.52.